The smallest absolute Gasteiger partial charge is 0.153 e. The van der Waals surface area contributed by atoms with Crippen LogP contribution in [0.4, 0.5) is 5.82 Å². The van der Waals surface area contributed by atoms with Crippen LogP contribution >= 0.6 is 0 Å². The van der Waals surface area contributed by atoms with E-state index in [0.717, 1.165) is 23.2 Å². The van der Waals surface area contributed by atoms with Crippen molar-refractivity contribution >= 4 is 5.82 Å². The Kier molecular flexibility index (Phi) is 3.18. The summed E-state index contributed by atoms with van der Waals surface area (Å²) in [4.78, 5) is 0. The number of nitrogens with one attached hydrogen (secondary N) is 1. The van der Waals surface area contributed by atoms with E-state index < -0.39 is 0 Å². The molecule has 0 aliphatic heterocycles. The van der Waals surface area contributed by atoms with Gasteiger partial charge in [-0.1, -0.05) is 43.7 Å². The average Bonchev–Trinajstić information content (AvgIpc) is 2.71. The molecule has 0 amide bonds. The van der Waals surface area contributed by atoms with E-state index in [4.69, 9.17) is 5.73 Å². The number of hydrogen-bond donors (Lipinski definition) is 2. The van der Waals surface area contributed by atoms with Crippen molar-refractivity contribution in [3.63, 3.8) is 0 Å². The molecule has 90 valence electrons. The first-order valence-corrected chi connectivity index (χ1v) is 6.04. The lowest BCUT2D eigenvalue weighted by Gasteiger charge is -2.10. The van der Waals surface area contributed by atoms with Crippen molar-refractivity contribution in [2.45, 2.75) is 33.1 Å². The Morgan fingerprint density at radius 3 is 2.53 bits per heavy atom. The molecule has 3 nitrogen and oxygen atoms in total. The molecule has 2 aromatic rings. The standard InChI is InChI=1S/C14H19N3/c1-4-10(3)13-12(14(15)17-16-13)11-7-5-9(2)6-8-11/h5-8,10H,4H2,1-3H3,(H3,15,16,17). The molecule has 3 N–H and O–H groups in total. The van der Waals surface area contributed by atoms with E-state index in [-0.39, 0.29) is 0 Å². The molecule has 0 aliphatic carbocycles. The Morgan fingerprint density at radius 1 is 1.29 bits per heavy atom. The maximum Gasteiger partial charge on any atom is 0.153 e. The zero-order valence-corrected chi connectivity index (χ0v) is 10.6. The van der Waals surface area contributed by atoms with Gasteiger partial charge in [0.25, 0.3) is 0 Å². The molecule has 0 bridgehead atoms. The van der Waals surface area contributed by atoms with Crippen molar-refractivity contribution in [1.82, 2.24) is 10.2 Å². The number of H-pyrrole nitrogens is 1. The van der Waals surface area contributed by atoms with Gasteiger partial charge in [0.1, 0.15) is 0 Å². The van der Waals surface area contributed by atoms with Gasteiger partial charge in [-0.15, -0.1) is 0 Å². The van der Waals surface area contributed by atoms with Crippen LogP contribution in [0.2, 0.25) is 0 Å². The summed E-state index contributed by atoms with van der Waals surface area (Å²) in [5, 5.41) is 7.20. The van der Waals surface area contributed by atoms with Gasteiger partial charge >= 0.3 is 0 Å². The summed E-state index contributed by atoms with van der Waals surface area (Å²) < 4.78 is 0. The quantitative estimate of drug-likeness (QED) is 0.846. The second-order valence-electron chi connectivity index (χ2n) is 4.57. The van der Waals surface area contributed by atoms with Crippen molar-refractivity contribution in [2.24, 2.45) is 0 Å². The summed E-state index contributed by atoms with van der Waals surface area (Å²) in [6.07, 6.45) is 1.07. The molecule has 17 heavy (non-hydrogen) atoms. The molecule has 1 aromatic heterocycles. The number of aryl methyl sites for hydroxylation is 1. The molecule has 0 radical (unpaired) electrons. The first-order valence-electron chi connectivity index (χ1n) is 6.04. The molecule has 0 spiro atoms. The highest BCUT2D eigenvalue weighted by Crippen LogP contribution is 2.33. The number of aromatic nitrogens is 2. The van der Waals surface area contributed by atoms with Gasteiger partial charge < -0.3 is 5.73 Å². The van der Waals surface area contributed by atoms with E-state index in [9.17, 15) is 0 Å². The van der Waals surface area contributed by atoms with Gasteiger partial charge in [-0.25, -0.2) is 0 Å². The largest absolute Gasteiger partial charge is 0.382 e. The Balaban J connectivity index is 2.50. The SMILES string of the molecule is CCC(C)c1[nH]nc(N)c1-c1ccc(C)cc1. The van der Waals surface area contributed by atoms with Gasteiger partial charge in [-0.3, -0.25) is 5.10 Å². The summed E-state index contributed by atoms with van der Waals surface area (Å²) in [6.45, 7) is 6.43. The van der Waals surface area contributed by atoms with E-state index in [0.29, 0.717) is 11.7 Å². The van der Waals surface area contributed by atoms with E-state index in [1.54, 1.807) is 0 Å². The first kappa shape index (κ1) is 11.7. The van der Waals surface area contributed by atoms with Crippen molar-refractivity contribution in [3.8, 4) is 11.1 Å². The van der Waals surface area contributed by atoms with Crippen molar-refractivity contribution in [2.75, 3.05) is 5.73 Å². The molecule has 0 fully saturated rings. The fraction of sp³-hybridized carbons (Fsp3) is 0.357. The third-order valence-electron chi connectivity index (χ3n) is 3.27. The minimum Gasteiger partial charge on any atom is -0.382 e. The minimum absolute atomic E-state index is 0.441. The number of benzene rings is 1. The molecule has 0 saturated carbocycles. The lowest BCUT2D eigenvalue weighted by atomic mass is 9.96. The van der Waals surface area contributed by atoms with Gasteiger partial charge in [0, 0.05) is 11.3 Å². The second kappa shape index (κ2) is 4.62. The summed E-state index contributed by atoms with van der Waals surface area (Å²) in [6, 6.07) is 8.40. The van der Waals surface area contributed by atoms with Crippen molar-refractivity contribution < 1.29 is 0 Å². The van der Waals surface area contributed by atoms with Gasteiger partial charge in [-0.05, 0) is 24.8 Å². The van der Waals surface area contributed by atoms with Crippen LogP contribution in [0.15, 0.2) is 24.3 Å². The highest BCUT2D eigenvalue weighted by atomic mass is 15.2. The predicted molar refractivity (Wildman–Crippen MR) is 71.9 cm³/mol. The maximum absolute atomic E-state index is 5.96. The van der Waals surface area contributed by atoms with Crippen LogP contribution in [-0.4, -0.2) is 10.2 Å². The summed E-state index contributed by atoms with van der Waals surface area (Å²) in [7, 11) is 0. The van der Waals surface area contributed by atoms with Crippen molar-refractivity contribution in [1.29, 1.82) is 0 Å². The van der Waals surface area contributed by atoms with Gasteiger partial charge in [0.05, 0.1) is 0 Å². The topological polar surface area (TPSA) is 54.7 Å². The van der Waals surface area contributed by atoms with E-state index in [1.807, 2.05) is 0 Å². The maximum atomic E-state index is 5.96. The Bertz CT molecular complexity index is 497. The van der Waals surface area contributed by atoms with Gasteiger partial charge in [0.2, 0.25) is 0 Å². The zero-order chi connectivity index (χ0) is 12.4. The van der Waals surface area contributed by atoms with Gasteiger partial charge in [0.15, 0.2) is 5.82 Å². The van der Waals surface area contributed by atoms with Crippen molar-refractivity contribution in [3.05, 3.63) is 35.5 Å². The molecule has 1 atom stereocenters. The van der Waals surface area contributed by atoms with Crippen LogP contribution in [0.3, 0.4) is 0 Å². The first-order chi connectivity index (χ1) is 8.13. The zero-order valence-electron chi connectivity index (χ0n) is 10.6. The Morgan fingerprint density at radius 2 is 1.94 bits per heavy atom. The number of nitrogens with two attached hydrogens (primary N) is 1. The van der Waals surface area contributed by atoms with E-state index >= 15 is 0 Å². The van der Waals surface area contributed by atoms with E-state index in [2.05, 4.69) is 55.2 Å². The summed E-state index contributed by atoms with van der Waals surface area (Å²) in [5.74, 6) is 1.03. The molecule has 1 heterocycles. The number of nitrogens with zero attached hydrogens (tertiary/aromatic N) is 1. The molecular formula is C14H19N3. The lowest BCUT2D eigenvalue weighted by Crippen LogP contribution is -1.95. The van der Waals surface area contributed by atoms with Crippen LogP contribution in [0, 0.1) is 6.92 Å². The third-order valence-corrected chi connectivity index (χ3v) is 3.27. The third kappa shape index (κ3) is 2.18. The number of aromatic amines is 1. The van der Waals surface area contributed by atoms with Crippen LogP contribution in [-0.2, 0) is 0 Å². The number of rotatable bonds is 3. The Hall–Kier alpha value is -1.77. The van der Waals surface area contributed by atoms with Gasteiger partial charge in [-0.2, -0.15) is 5.10 Å². The monoisotopic (exact) mass is 229 g/mol. The fourth-order valence-corrected chi connectivity index (χ4v) is 1.95. The van der Waals surface area contributed by atoms with E-state index in [1.165, 1.54) is 5.56 Å². The molecule has 3 heteroatoms. The van der Waals surface area contributed by atoms with Crippen LogP contribution < -0.4 is 5.73 Å². The summed E-state index contributed by atoms with van der Waals surface area (Å²) in [5.41, 5.74) is 10.5. The van der Waals surface area contributed by atoms with Crippen LogP contribution in [0.5, 0.6) is 0 Å². The molecular weight excluding hydrogens is 210 g/mol. The van der Waals surface area contributed by atoms with Crippen LogP contribution in [0.25, 0.3) is 11.1 Å². The Labute approximate surface area is 102 Å². The molecule has 2 rings (SSSR count). The summed E-state index contributed by atoms with van der Waals surface area (Å²) >= 11 is 0. The second-order valence-corrected chi connectivity index (χ2v) is 4.57. The fourth-order valence-electron chi connectivity index (χ4n) is 1.95. The predicted octanol–water partition coefficient (Wildman–Crippen LogP) is 3.48. The normalized spacial score (nSPS) is 12.6. The number of nitrogen functional groups attached to an aromatic ring is 1. The molecule has 1 aromatic carbocycles. The highest BCUT2D eigenvalue weighted by Gasteiger charge is 2.16. The molecule has 0 aliphatic rings. The average molecular weight is 229 g/mol. The molecule has 1 unspecified atom stereocenters. The van der Waals surface area contributed by atoms with Crippen LogP contribution in [0.1, 0.15) is 37.4 Å². The minimum atomic E-state index is 0.441. The number of hydrogen-bond acceptors (Lipinski definition) is 2. The number of anilines is 1. The molecule has 0 saturated heterocycles. The highest BCUT2D eigenvalue weighted by molar-refractivity contribution is 5.76. The lowest BCUT2D eigenvalue weighted by molar-refractivity contribution is 0.705.